The first-order valence-electron chi connectivity index (χ1n) is 10.6. The van der Waals surface area contributed by atoms with Gasteiger partial charge in [0.05, 0.1) is 32.5 Å². The van der Waals surface area contributed by atoms with E-state index in [0.717, 1.165) is 39.4 Å². The quantitative estimate of drug-likeness (QED) is 0.694. The smallest absolute Gasteiger partial charge is 0.253 e. The molecule has 0 spiro atoms. The summed E-state index contributed by atoms with van der Waals surface area (Å²) in [6, 6.07) is 9.46. The molecule has 2 fully saturated rings. The number of hydrogen-bond donors (Lipinski definition) is 1. The van der Waals surface area contributed by atoms with E-state index in [0.29, 0.717) is 31.8 Å². The molecular weight excluding hydrogens is 370 g/mol. The van der Waals surface area contributed by atoms with Crippen molar-refractivity contribution in [3.63, 3.8) is 0 Å². The molecule has 2 saturated heterocycles. The summed E-state index contributed by atoms with van der Waals surface area (Å²) in [5.41, 5.74) is 0.419. The first kappa shape index (κ1) is 22.2. The fraction of sp³-hybridized carbons (Fsp3) is 0.682. The second-order valence-electron chi connectivity index (χ2n) is 8.48. The predicted octanol–water partition coefficient (Wildman–Crippen LogP) is 0.933. The molecule has 2 aliphatic heterocycles. The Morgan fingerprint density at radius 2 is 1.90 bits per heavy atom. The molecule has 2 aliphatic rings. The number of aliphatic hydroxyl groups is 1. The molecule has 0 aliphatic carbocycles. The highest BCUT2D eigenvalue weighted by atomic mass is 16.5. The van der Waals surface area contributed by atoms with Crippen LogP contribution in [0.3, 0.4) is 0 Å². The van der Waals surface area contributed by atoms with Crippen molar-refractivity contribution in [3.05, 3.63) is 35.9 Å². The number of aliphatic hydroxyl groups excluding tert-OH is 1. The lowest BCUT2D eigenvalue weighted by atomic mass is 10.0. The van der Waals surface area contributed by atoms with E-state index in [1.807, 2.05) is 49.1 Å². The topological polar surface area (TPSA) is 65.5 Å². The standard InChI is InChI=1S/C22H35N3O4/c1-22(2,18-26)25-12-15-29-20(17-25)16-24(9-8-23-10-13-28-14-11-23)21(27)19-6-4-3-5-7-19/h3-7,20,26H,8-18H2,1-2H3/t20-/m0/s1. The van der Waals surface area contributed by atoms with Gasteiger partial charge in [-0.2, -0.15) is 0 Å². The number of amides is 1. The van der Waals surface area contributed by atoms with Crippen molar-refractivity contribution in [1.29, 1.82) is 0 Å². The van der Waals surface area contributed by atoms with Crippen LogP contribution in [0.15, 0.2) is 30.3 Å². The summed E-state index contributed by atoms with van der Waals surface area (Å²) in [6.45, 7) is 11.7. The molecule has 1 N–H and O–H groups in total. The summed E-state index contributed by atoms with van der Waals surface area (Å²) >= 11 is 0. The van der Waals surface area contributed by atoms with E-state index in [1.54, 1.807) is 0 Å². The van der Waals surface area contributed by atoms with Crippen LogP contribution in [0.4, 0.5) is 0 Å². The van der Waals surface area contributed by atoms with E-state index in [1.165, 1.54) is 0 Å². The maximum Gasteiger partial charge on any atom is 0.253 e. The van der Waals surface area contributed by atoms with Crippen LogP contribution < -0.4 is 0 Å². The fourth-order valence-corrected chi connectivity index (χ4v) is 3.85. The highest BCUT2D eigenvalue weighted by molar-refractivity contribution is 5.94. The Morgan fingerprint density at radius 3 is 2.59 bits per heavy atom. The molecule has 7 heteroatoms. The fourth-order valence-electron chi connectivity index (χ4n) is 3.85. The molecule has 0 bridgehead atoms. The third kappa shape index (κ3) is 6.23. The van der Waals surface area contributed by atoms with E-state index < -0.39 is 0 Å². The van der Waals surface area contributed by atoms with Crippen molar-refractivity contribution >= 4 is 5.91 Å². The molecule has 0 radical (unpaired) electrons. The Morgan fingerprint density at radius 1 is 1.17 bits per heavy atom. The monoisotopic (exact) mass is 405 g/mol. The number of ether oxygens (including phenoxy) is 2. The molecule has 0 saturated carbocycles. The zero-order valence-electron chi connectivity index (χ0n) is 17.8. The lowest BCUT2D eigenvalue weighted by Crippen LogP contribution is -2.57. The number of benzene rings is 1. The van der Waals surface area contributed by atoms with Gasteiger partial charge in [0.25, 0.3) is 5.91 Å². The lowest BCUT2D eigenvalue weighted by molar-refractivity contribution is -0.0802. The minimum atomic E-state index is -0.288. The van der Waals surface area contributed by atoms with Crippen LogP contribution in [-0.4, -0.2) is 110 Å². The minimum Gasteiger partial charge on any atom is -0.394 e. The van der Waals surface area contributed by atoms with E-state index >= 15 is 0 Å². The number of carbonyl (C=O) groups is 1. The summed E-state index contributed by atoms with van der Waals surface area (Å²) in [6.07, 6.45) is -0.0630. The van der Waals surface area contributed by atoms with Gasteiger partial charge in [0, 0.05) is 56.9 Å². The zero-order valence-corrected chi connectivity index (χ0v) is 17.8. The van der Waals surface area contributed by atoms with E-state index in [2.05, 4.69) is 9.80 Å². The van der Waals surface area contributed by atoms with Gasteiger partial charge < -0.3 is 19.5 Å². The van der Waals surface area contributed by atoms with Gasteiger partial charge in [-0.1, -0.05) is 18.2 Å². The Kier molecular flexibility index (Phi) is 8.03. The van der Waals surface area contributed by atoms with E-state index in [-0.39, 0.29) is 24.2 Å². The number of carbonyl (C=O) groups excluding carboxylic acids is 1. The first-order chi connectivity index (χ1) is 14.0. The van der Waals surface area contributed by atoms with Gasteiger partial charge in [0.1, 0.15) is 0 Å². The zero-order chi connectivity index (χ0) is 20.7. The van der Waals surface area contributed by atoms with Crippen LogP contribution in [-0.2, 0) is 9.47 Å². The van der Waals surface area contributed by atoms with E-state index in [4.69, 9.17) is 9.47 Å². The van der Waals surface area contributed by atoms with Crippen molar-refractivity contribution in [3.8, 4) is 0 Å². The number of rotatable bonds is 8. The van der Waals surface area contributed by atoms with Crippen LogP contribution in [0.1, 0.15) is 24.2 Å². The molecule has 0 unspecified atom stereocenters. The highest BCUT2D eigenvalue weighted by Crippen LogP contribution is 2.19. The predicted molar refractivity (Wildman–Crippen MR) is 112 cm³/mol. The number of hydrogen-bond acceptors (Lipinski definition) is 6. The molecule has 7 nitrogen and oxygen atoms in total. The Bertz CT molecular complexity index is 634. The molecule has 162 valence electrons. The van der Waals surface area contributed by atoms with Crippen LogP contribution >= 0.6 is 0 Å². The van der Waals surface area contributed by atoms with E-state index in [9.17, 15) is 9.90 Å². The van der Waals surface area contributed by atoms with Crippen LogP contribution in [0, 0.1) is 0 Å². The van der Waals surface area contributed by atoms with Gasteiger partial charge in [-0.25, -0.2) is 0 Å². The van der Waals surface area contributed by atoms with Crippen molar-refractivity contribution in [2.75, 3.05) is 72.2 Å². The van der Waals surface area contributed by atoms with Crippen molar-refractivity contribution < 1.29 is 19.4 Å². The minimum absolute atomic E-state index is 0.0426. The second kappa shape index (κ2) is 10.5. The van der Waals surface area contributed by atoms with Crippen molar-refractivity contribution in [2.45, 2.75) is 25.5 Å². The van der Waals surface area contributed by atoms with Gasteiger partial charge in [0.2, 0.25) is 0 Å². The SMILES string of the molecule is CC(C)(CO)N1CCO[C@@H](CN(CCN2CCOCC2)C(=O)c2ccccc2)C1. The van der Waals surface area contributed by atoms with Gasteiger partial charge in [-0.15, -0.1) is 0 Å². The third-order valence-corrected chi connectivity index (χ3v) is 5.90. The molecule has 1 aromatic carbocycles. The number of morpholine rings is 2. The maximum absolute atomic E-state index is 13.2. The molecule has 3 rings (SSSR count). The summed E-state index contributed by atoms with van der Waals surface area (Å²) < 4.78 is 11.4. The normalized spacial score (nSPS) is 21.8. The molecule has 1 atom stereocenters. The molecule has 2 heterocycles. The summed E-state index contributed by atoms with van der Waals surface area (Å²) in [5, 5.41) is 9.72. The van der Waals surface area contributed by atoms with Crippen LogP contribution in [0.25, 0.3) is 0 Å². The van der Waals surface area contributed by atoms with Gasteiger partial charge in [-0.3, -0.25) is 14.6 Å². The molecule has 29 heavy (non-hydrogen) atoms. The van der Waals surface area contributed by atoms with Crippen LogP contribution in [0.5, 0.6) is 0 Å². The summed E-state index contributed by atoms with van der Waals surface area (Å²) in [7, 11) is 0. The lowest BCUT2D eigenvalue weighted by Gasteiger charge is -2.43. The average molecular weight is 406 g/mol. The Labute approximate surface area is 174 Å². The average Bonchev–Trinajstić information content (AvgIpc) is 2.77. The van der Waals surface area contributed by atoms with Gasteiger partial charge in [0.15, 0.2) is 0 Å². The second-order valence-corrected chi connectivity index (χ2v) is 8.48. The molecular formula is C22H35N3O4. The Hall–Kier alpha value is -1.51. The largest absolute Gasteiger partial charge is 0.394 e. The van der Waals surface area contributed by atoms with Crippen LogP contribution in [0.2, 0.25) is 0 Å². The molecule has 1 aromatic rings. The Balaban J connectivity index is 1.66. The van der Waals surface area contributed by atoms with Crippen molar-refractivity contribution in [2.24, 2.45) is 0 Å². The van der Waals surface area contributed by atoms with Gasteiger partial charge >= 0.3 is 0 Å². The molecule has 1 amide bonds. The maximum atomic E-state index is 13.2. The van der Waals surface area contributed by atoms with Crippen molar-refractivity contribution in [1.82, 2.24) is 14.7 Å². The summed E-state index contributed by atoms with van der Waals surface area (Å²) in [4.78, 5) is 19.7. The van der Waals surface area contributed by atoms with Gasteiger partial charge in [-0.05, 0) is 26.0 Å². The first-order valence-corrected chi connectivity index (χ1v) is 10.6. The molecule has 0 aromatic heterocycles. The third-order valence-electron chi connectivity index (χ3n) is 5.90. The number of nitrogens with zero attached hydrogens (tertiary/aromatic N) is 3. The summed E-state index contributed by atoms with van der Waals surface area (Å²) in [5.74, 6) is 0.0426. The highest BCUT2D eigenvalue weighted by Gasteiger charge is 2.33.